The molecule has 2 aliphatic heterocycles. The van der Waals surface area contributed by atoms with E-state index in [0.717, 1.165) is 44.7 Å². The average molecular weight is 472 g/mol. The summed E-state index contributed by atoms with van der Waals surface area (Å²) in [5, 5.41) is 1.67. The van der Waals surface area contributed by atoms with E-state index in [4.69, 9.17) is 4.99 Å². The number of nitrogens with zero attached hydrogens (tertiary/aromatic N) is 3. The van der Waals surface area contributed by atoms with Crippen molar-refractivity contribution in [2.24, 2.45) is 4.99 Å². The molecule has 1 saturated heterocycles. The average Bonchev–Trinajstić information content (AvgIpc) is 3.32. The lowest BCUT2D eigenvalue weighted by molar-refractivity contribution is -0.113. The van der Waals surface area contributed by atoms with Gasteiger partial charge in [-0.25, -0.2) is 4.99 Å². The topological polar surface area (TPSA) is 35.9 Å². The van der Waals surface area contributed by atoms with Crippen LogP contribution < -0.4 is 9.80 Å². The number of hydrogen-bond donors (Lipinski definition) is 0. The fourth-order valence-corrected chi connectivity index (χ4v) is 6.51. The molecule has 2 aliphatic rings. The zero-order valence-electron chi connectivity index (χ0n) is 19.1. The third-order valence-corrected chi connectivity index (χ3v) is 8.07. The summed E-state index contributed by atoms with van der Waals surface area (Å²) in [5.41, 5.74) is 6.28. The highest BCUT2D eigenvalue weighted by molar-refractivity contribution is 8.20. The lowest BCUT2D eigenvalue weighted by Crippen LogP contribution is -2.29. The van der Waals surface area contributed by atoms with E-state index in [1.807, 2.05) is 49.4 Å². The summed E-state index contributed by atoms with van der Waals surface area (Å²) in [6.45, 7) is 9.10. The van der Waals surface area contributed by atoms with Gasteiger partial charge in [0, 0.05) is 11.4 Å². The van der Waals surface area contributed by atoms with E-state index in [0.29, 0.717) is 5.17 Å². The minimum atomic E-state index is -0.0251. The first kappa shape index (κ1) is 21.9. The molecule has 166 valence electrons. The zero-order valence-corrected chi connectivity index (χ0v) is 20.8. The number of benzene rings is 3. The van der Waals surface area contributed by atoms with Crippen molar-refractivity contribution in [3.8, 4) is 0 Å². The van der Waals surface area contributed by atoms with Crippen LogP contribution >= 0.6 is 23.5 Å². The van der Waals surface area contributed by atoms with Crippen LogP contribution in [-0.2, 0) is 4.79 Å². The number of amides is 1. The number of carbonyl (C=O) groups is 1. The highest BCUT2D eigenvalue weighted by Crippen LogP contribution is 2.51. The van der Waals surface area contributed by atoms with Gasteiger partial charge in [-0.15, -0.1) is 0 Å². The maximum Gasteiger partial charge on any atom is 0.274 e. The van der Waals surface area contributed by atoms with Crippen LogP contribution in [0.1, 0.15) is 23.6 Å². The van der Waals surface area contributed by atoms with Gasteiger partial charge < -0.3 is 4.90 Å². The van der Waals surface area contributed by atoms with E-state index in [1.54, 1.807) is 16.7 Å². The van der Waals surface area contributed by atoms with Gasteiger partial charge in [0.1, 0.15) is 9.93 Å². The van der Waals surface area contributed by atoms with Gasteiger partial charge >= 0.3 is 0 Å². The SMILES string of the molecule is CCN1C(=C2SC(=Nc3ccc(C)cc3C)N(c3cccc(C)c3)C2=O)Sc2ccccc21. The molecule has 2 heterocycles. The summed E-state index contributed by atoms with van der Waals surface area (Å²) in [6, 6.07) is 22.6. The van der Waals surface area contributed by atoms with Crippen LogP contribution in [0, 0.1) is 20.8 Å². The molecule has 0 bridgehead atoms. The smallest absolute Gasteiger partial charge is 0.274 e. The Morgan fingerprint density at radius 2 is 1.67 bits per heavy atom. The van der Waals surface area contributed by atoms with Crippen LogP contribution in [0.3, 0.4) is 0 Å². The summed E-state index contributed by atoms with van der Waals surface area (Å²) in [6.07, 6.45) is 0. The number of fused-ring (bicyclic) bond motifs is 1. The van der Waals surface area contributed by atoms with Crippen molar-refractivity contribution in [1.82, 2.24) is 0 Å². The van der Waals surface area contributed by atoms with Crippen molar-refractivity contribution < 1.29 is 4.79 Å². The number of anilines is 2. The van der Waals surface area contributed by atoms with E-state index >= 15 is 0 Å². The molecule has 3 aromatic rings. The molecular formula is C27H25N3OS2. The molecule has 0 spiro atoms. The highest BCUT2D eigenvalue weighted by atomic mass is 32.2. The van der Waals surface area contributed by atoms with Crippen molar-refractivity contribution >= 4 is 51.7 Å². The molecule has 0 atom stereocenters. The molecule has 1 fully saturated rings. The fraction of sp³-hybridized carbons (Fsp3) is 0.185. The van der Waals surface area contributed by atoms with Crippen molar-refractivity contribution in [3.05, 3.63) is 93.4 Å². The molecule has 1 amide bonds. The molecular weight excluding hydrogens is 446 g/mol. The van der Waals surface area contributed by atoms with Crippen molar-refractivity contribution in [2.75, 3.05) is 16.3 Å². The van der Waals surface area contributed by atoms with Gasteiger partial charge in [0.2, 0.25) is 0 Å². The molecule has 0 N–H and O–H groups in total. The summed E-state index contributed by atoms with van der Waals surface area (Å²) in [7, 11) is 0. The zero-order chi connectivity index (χ0) is 23.1. The summed E-state index contributed by atoms with van der Waals surface area (Å²) < 4.78 is 0. The molecule has 0 saturated carbocycles. The van der Waals surface area contributed by atoms with Gasteiger partial charge in [-0.1, -0.05) is 53.7 Å². The summed E-state index contributed by atoms with van der Waals surface area (Å²) in [4.78, 5) is 24.8. The van der Waals surface area contributed by atoms with Crippen molar-refractivity contribution in [3.63, 3.8) is 0 Å². The van der Waals surface area contributed by atoms with E-state index in [1.165, 1.54) is 22.2 Å². The van der Waals surface area contributed by atoms with Gasteiger partial charge in [-0.05, 0) is 80.9 Å². The number of carbonyl (C=O) groups excluding carboxylic acids is 1. The molecule has 3 aromatic carbocycles. The molecule has 0 radical (unpaired) electrons. The highest BCUT2D eigenvalue weighted by Gasteiger charge is 2.40. The molecule has 33 heavy (non-hydrogen) atoms. The van der Waals surface area contributed by atoms with Gasteiger partial charge in [0.05, 0.1) is 17.1 Å². The van der Waals surface area contributed by atoms with Crippen LogP contribution in [-0.4, -0.2) is 17.6 Å². The Labute approximate surface area is 203 Å². The largest absolute Gasteiger partial charge is 0.334 e. The molecule has 6 heteroatoms. The third-order valence-electron chi connectivity index (χ3n) is 5.73. The summed E-state index contributed by atoms with van der Waals surface area (Å²) in [5.74, 6) is -0.0251. The number of aryl methyl sites for hydroxylation is 3. The van der Waals surface area contributed by atoms with E-state index in [-0.39, 0.29) is 5.91 Å². The van der Waals surface area contributed by atoms with Gasteiger partial charge in [-0.3, -0.25) is 9.69 Å². The van der Waals surface area contributed by atoms with Crippen LogP contribution in [0.25, 0.3) is 0 Å². The lowest BCUT2D eigenvalue weighted by Gasteiger charge is -2.19. The van der Waals surface area contributed by atoms with Crippen molar-refractivity contribution in [1.29, 1.82) is 0 Å². The molecule has 0 aromatic heterocycles. The maximum absolute atomic E-state index is 13.9. The Morgan fingerprint density at radius 1 is 0.879 bits per heavy atom. The molecule has 0 unspecified atom stereocenters. The number of aliphatic imine (C=N–C) groups is 1. The second-order valence-electron chi connectivity index (χ2n) is 8.21. The lowest BCUT2D eigenvalue weighted by atomic mass is 10.1. The number of thioether (sulfide) groups is 2. The first-order chi connectivity index (χ1) is 16.0. The Hall–Kier alpha value is -2.96. The molecule has 5 rings (SSSR count). The maximum atomic E-state index is 13.9. The van der Waals surface area contributed by atoms with Crippen molar-refractivity contribution in [2.45, 2.75) is 32.6 Å². The number of hydrogen-bond acceptors (Lipinski definition) is 5. The standard InChI is InChI=1S/C27H25N3OS2/c1-5-29-22-11-6-7-12-23(22)32-26(29)24-25(31)30(20-10-8-9-17(2)16-20)27(33-24)28-21-14-13-18(3)15-19(21)4/h6-16H,5H2,1-4H3. The van der Waals surface area contributed by atoms with Gasteiger partial charge in [-0.2, -0.15) is 0 Å². The van der Waals surface area contributed by atoms with Gasteiger partial charge in [0.15, 0.2) is 5.17 Å². The van der Waals surface area contributed by atoms with E-state index in [9.17, 15) is 4.79 Å². The van der Waals surface area contributed by atoms with Crippen LogP contribution in [0.15, 0.2) is 86.6 Å². The van der Waals surface area contributed by atoms with Gasteiger partial charge in [0.25, 0.3) is 5.91 Å². The Morgan fingerprint density at radius 3 is 2.42 bits per heavy atom. The predicted molar refractivity (Wildman–Crippen MR) is 142 cm³/mol. The Bertz CT molecular complexity index is 1330. The van der Waals surface area contributed by atoms with Crippen LogP contribution in [0.4, 0.5) is 17.1 Å². The third kappa shape index (κ3) is 3.98. The number of rotatable bonds is 3. The first-order valence-corrected chi connectivity index (χ1v) is 12.6. The summed E-state index contributed by atoms with van der Waals surface area (Å²) >= 11 is 3.13. The fourth-order valence-electron chi connectivity index (χ4n) is 4.12. The Kier molecular flexibility index (Phi) is 5.81. The van der Waals surface area contributed by atoms with Crippen LogP contribution in [0.2, 0.25) is 0 Å². The van der Waals surface area contributed by atoms with Crippen LogP contribution in [0.5, 0.6) is 0 Å². The number of para-hydroxylation sites is 1. The minimum absolute atomic E-state index is 0.0251. The first-order valence-electron chi connectivity index (χ1n) is 11.0. The quantitative estimate of drug-likeness (QED) is 0.379. The predicted octanol–water partition coefficient (Wildman–Crippen LogP) is 7.18. The van der Waals surface area contributed by atoms with E-state index in [2.05, 4.69) is 49.9 Å². The monoisotopic (exact) mass is 471 g/mol. The Balaban J connectivity index is 1.65. The molecule has 0 aliphatic carbocycles. The van der Waals surface area contributed by atoms with E-state index < -0.39 is 0 Å². The minimum Gasteiger partial charge on any atom is -0.334 e. The molecule has 4 nitrogen and oxygen atoms in total. The number of amidine groups is 1. The second-order valence-corrected chi connectivity index (χ2v) is 10.2. The second kappa shape index (κ2) is 8.76. The normalized spacial score (nSPS) is 19.0.